The average molecular weight is 282 g/mol. The Labute approximate surface area is 114 Å². The smallest absolute Gasteiger partial charge is 0.257 e. The Morgan fingerprint density at radius 2 is 2.05 bits per heavy atom. The molecule has 0 aliphatic rings. The lowest BCUT2D eigenvalue weighted by Crippen LogP contribution is -1.97. The van der Waals surface area contributed by atoms with E-state index in [9.17, 15) is 0 Å². The van der Waals surface area contributed by atoms with Gasteiger partial charge in [0.1, 0.15) is 18.3 Å². The predicted molar refractivity (Wildman–Crippen MR) is 71.6 cm³/mol. The fourth-order valence-electron chi connectivity index (χ4n) is 1.80. The summed E-state index contributed by atoms with van der Waals surface area (Å²) >= 11 is 0. The van der Waals surface area contributed by atoms with E-state index < -0.39 is 0 Å². The van der Waals surface area contributed by atoms with Crippen LogP contribution in [-0.2, 0) is 7.05 Å². The van der Waals surface area contributed by atoms with E-state index in [1.807, 2.05) is 13.2 Å². The van der Waals surface area contributed by atoms with Crippen molar-refractivity contribution in [1.29, 1.82) is 0 Å². The number of imidazole rings is 1. The van der Waals surface area contributed by atoms with Gasteiger partial charge in [-0.3, -0.25) is 9.25 Å². The highest BCUT2D eigenvalue weighted by molar-refractivity contribution is 5.85. The molecule has 0 saturated heterocycles. The third kappa shape index (κ3) is 1.95. The topological polar surface area (TPSA) is 96.7 Å². The lowest BCUT2D eigenvalue weighted by Gasteiger charge is -2.02. The van der Waals surface area contributed by atoms with Gasteiger partial charge in [-0.25, -0.2) is 15.0 Å². The number of hydrogen-bond acceptors (Lipinski definition) is 6. The summed E-state index contributed by atoms with van der Waals surface area (Å²) in [5.74, 6) is 0.843. The molecule has 9 heteroatoms. The lowest BCUT2D eigenvalue weighted by molar-refractivity contribution is 0.390. The first-order valence-electron chi connectivity index (χ1n) is 5.22. The van der Waals surface area contributed by atoms with Crippen LogP contribution >= 0.6 is 12.4 Å². The first kappa shape index (κ1) is 13.1. The van der Waals surface area contributed by atoms with Crippen LogP contribution in [0.2, 0.25) is 0 Å². The van der Waals surface area contributed by atoms with Crippen molar-refractivity contribution in [3.8, 4) is 11.6 Å². The number of nitrogens with zero attached hydrogens (tertiary/aromatic N) is 6. The molecule has 3 aromatic heterocycles. The van der Waals surface area contributed by atoms with E-state index in [4.69, 9.17) is 10.5 Å². The van der Waals surface area contributed by atoms with Gasteiger partial charge in [-0.05, 0) is 0 Å². The zero-order chi connectivity index (χ0) is 12.7. The fourth-order valence-corrected chi connectivity index (χ4v) is 1.80. The van der Waals surface area contributed by atoms with Crippen LogP contribution in [0.25, 0.3) is 16.9 Å². The summed E-state index contributed by atoms with van der Waals surface area (Å²) in [7, 11) is 3.38. The quantitative estimate of drug-likeness (QED) is 0.737. The van der Waals surface area contributed by atoms with Gasteiger partial charge in [-0.15, -0.1) is 17.5 Å². The first-order valence-corrected chi connectivity index (χ1v) is 5.22. The second kappa shape index (κ2) is 4.73. The van der Waals surface area contributed by atoms with Gasteiger partial charge in [0.25, 0.3) is 5.88 Å². The second-order valence-corrected chi connectivity index (χ2v) is 3.74. The number of rotatable bonds is 2. The van der Waals surface area contributed by atoms with E-state index in [0.29, 0.717) is 22.9 Å². The zero-order valence-electron chi connectivity index (χ0n) is 10.3. The molecule has 0 bridgehead atoms. The number of ether oxygens (including phenoxy) is 1. The summed E-state index contributed by atoms with van der Waals surface area (Å²) in [5.41, 5.74) is 7.67. The molecule has 3 heterocycles. The van der Waals surface area contributed by atoms with Crippen LogP contribution in [0, 0.1) is 0 Å². The molecule has 8 nitrogen and oxygen atoms in total. The molecule has 0 radical (unpaired) electrons. The molecule has 3 aromatic rings. The average Bonchev–Trinajstić information content (AvgIpc) is 2.93. The summed E-state index contributed by atoms with van der Waals surface area (Å²) in [6.45, 7) is 0. The summed E-state index contributed by atoms with van der Waals surface area (Å²) in [6, 6.07) is 0. The van der Waals surface area contributed by atoms with Gasteiger partial charge in [0.05, 0.1) is 13.3 Å². The van der Waals surface area contributed by atoms with Gasteiger partial charge < -0.3 is 10.5 Å². The Morgan fingerprint density at radius 3 is 2.79 bits per heavy atom. The molecule has 0 aliphatic carbocycles. The van der Waals surface area contributed by atoms with Gasteiger partial charge in [0, 0.05) is 7.05 Å². The maximum Gasteiger partial charge on any atom is 0.257 e. The normalized spacial score (nSPS) is 10.4. The van der Waals surface area contributed by atoms with E-state index in [1.165, 1.54) is 6.33 Å². The van der Waals surface area contributed by atoms with Crippen molar-refractivity contribution in [2.75, 3.05) is 12.8 Å². The maximum atomic E-state index is 5.74. The van der Waals surface area contributed by atoms with E-state index in [0.717, 1.165) is 5.69 Å². The molecule has 0 atom stereocenters. The molecule has 0 aliphatic heterocycles. The predicted octanol–water partition coefficient (Wildman–Crippen LogP) is 0.562. The largest absolute Gasteiger partial charge is 0.478 e. The van der Waals surface area contributed by atoms with E-state index in [-0.39, 0.29) is 12.4 Å². The Balaban J connectivity index is 0.00000133. The van der Waals surface area contributed by atoms with Crippen LogP contribution < -0.4 is 10.5 Å². The van der Waals surface area contributed by atoms with Crippen molar-refractivity contribution >= 4 is 29.4 Å². The zero-order valence-corrected chi connectivity index (χ0v) is 11.1. The number of methoxy groups -OCH3 is 1. The lowest BCUT2D eigenvalue weighted by atomic mass is 10.4. The molecule has 19 heavy (non-hydrogen) atoms. The van der Waals surface area contributed by atoms with Crippen LogP contribution in [0.4, 0.5) is 5.82 Å². The number of nitrogen functional groups attached to an aromatic ring is 1. The SMILES string of the molecule is COc1nn(C)cc1-n1cnc2c(N)ncnc21.Cl. The van der Waals surface area contributed by atoms with Gasteiger partial charge in [0.15, 0.2) is 17.0 Å². The highest BCUT2D eigenvalue weighted by atomic mass is 35.5. The first-order chi connectivity index (χ1) is 8.70. The Morgan fingerprint density at radius 1 is 1.26 bits per heavy atom. The monoisotopic (exact) mass is 281 g/mol. The van der Waals surface area contributed by atoms with Crippen molar-refractivity contribution in [1.82, 2.24) is 29.3 Å². The Hall–Kier alpha value is -2.35. The summed E-state index contributed by atoms with van der Waals surface area (Å²) in [5, 5.41) is 4.19. The molecule has 100 valence electrons. The molecule has 0 saturated carbocycles. The van der Waals surface area contributed by atoms with Gasteiger partial charge in [0.2, 0.25) is 0 Å². The summed E-state index contributed by atoms with van der Waals surface area (Å²) < 4.78 is 8.63. The Bertz CT molecular complexity index is 720. The van der Waals surface area contributed by atoms with Crippen LogP contribution in [0.1, 0.15) is 0 Å². The van der Waals surface area contributed by atoms with E-state index in [1.54, 1.807) is 22.7 Å². The van der Waals surface area contributed by atoms with Crippen molar-refractivity contribution in [2.45, 2.75) is 0 Å². The second-order valence-electron chi connectivity index (χ2n) is 3.74. The Kier molecular flexibility index (Phi) is 3.26. The summed E-state index contributed by atoms with van der Waals surface area (Å²) in [6.07, 6.45) is 4.84. The number of halogens is 1. The minimum atomic E-state index is 0. The van der Waals surface area contributed by atoms with Crippen molar-refractivity contribution < 1.29 is 4.74 Å². The fraction of sp³-hybridized carbons (Fsp3) is 0.200. The van der Waals surface area contributed by atoms with Crippen LogP contribution in [0.3, 0.4) is 0 Å². The van der Waals surface area contributed by atoms with Gasteiger partial charge >= 0.3 is 0 Å². The molecule has 0 aromatic carbocycles. The number of hydrogen-bond donors (Lipinski definition) is 1. The van der Waals surface area contributed by atoms with Crippen LogP contribution in [0.15, 0.2) is 18.9 Å². The molecule has 0 fully saturated rings. The molecule has 0 spiro atoms. The van der Waals surface area contributed by atoms with Crippen molar-refractivity contribution in [3.63, 3.8) is 0 Å². The number of aromatic nitrogens is 6. The standard InChI is InChI=1S/C10H11N7O.ClH/c1-16-3-6(10(15-16)18-2)17-5-14-7-8(11)12-4-13-9(7)17;/h3-5H,1-2H3,(H2,11,12,13);1H. The van der Waals surface area contributed by atoms with Gasteiger partial charge in [-0.2, -0.15) is 0 Å². The molecule has 2 N–H and O–H groups in total. The van der Waals surface area contributed by atoms with Crippen molar-refractivity contribution in [3.05, 3.63) is 18.9 Å². The minimum absolute atomic E-state index is 0. The third-order valence-electron chi connectivity index (χ3n) is 2.59. The third-order valence-corrected chi connectivity index (χ3v) is 2.59. The number of aryl methyl sites for hydroxylation is 1. The number of nitrogens with two attached hydrogens (primary N) is 1. The highest BCUT2D eigenvalue weighted by Crippen LogP contribution is 2.24. The van der Waals surface area contributed by atoms with E-state index >= 15 is 0 Å². The van der Waals surface area contributed by atoms with E-state index in [2.05, 4.69) is 20.1 Å². The molecule has 0 amide bonds. The number of fused-ring (bicyclic) bond motifs is 1. The number of anilines is 1. The minimum Gasteiger partial charge on any atom is -0.478 e. The molecule has 3 rings (SSSR count). The highest BCUT2D eigenvalue weighted by Gasteiger charge is 2.15. The maximum absolute atomic E-state index is 5.74. The van der Waals surface area contributed by atoms with Gasteiger partial charge in [-0.1, -0.05) is 0 Å². The van der Waals surface area contributed by atoms with Crippen LogP contribution in [-0.4, -0.2) is 36.4 Å². The molecule has 0 unspecified atom stereocenters. The summed E-state index contributed by atoms with van der Waals surface area (Å²) in [4.78, 5) is 12.3. The molecular formula is C10H12ClN7O. The molecular weight excluding hydrogens is 270 g/mol. The van der Waals surface area contributed by atoms with Crippen LogP contribution in [0.5, 0.6) is 5.88 Å². The van der Waals surface area contributed by atoms with Crippen molar-refractivity contribution in [2.24, 2.45) is 7.05 Å².